The average molecular weight is 359 g/mol. The number of rotatable bonds is 8. The number of H-pyrrole nitrogens is 1. The lowest BCUT2D eigenvalue weighted by atomic mass is 10.2. The van der Waals surface area contributed by atoms with Crippen molar-refractivity contribution in [3.05, 3.63) is 32.6 Å². The van der Waals surface area contributed by atoms with Gasteiger partial charge in [-0.25, -0.2) is 4.79 Å². The third-order valence-electron chi connectivity index (χ3n) is 3.72. The number of carboxylic acids is 1. The second-order valence-electron chi connectivity index (χ2n) is 5.72. The number of hydrogen-bond acceptors (Lipinski definition) is 8. The molecule has 1 aromatic rings. The number of aryl methyl sites for hydroxylation is 1. The van der Waals surface area contributed by atoms with Gasteiger partial charge in [-0.05, 0) is 6.92 Å². The Morgan fingerprint density at radius 3 is 2.92 bits per heavy atom. The Balaban J connectivity index is 1.83. The number of aliphatic carboxylic acids is 1. The van der Waals surface area contributed by atoms with Crippen LogP contribution in [-0.2, 0) is 19.0 Å². The second kappa shape index (κ2) is 8.36. The Kier molecular flexibility index (Phi) is 6.45. The van der Waals surface area contributed by atoms with Crippen molar-refractivity contribution in [3.8, 4) is 0 Å². The number of aliphatic hydroxyl groups is 1. The molecule has 1 aliphatic heterocycles. The van der Waals surface area contributed by atoms with Gasteiger partial charge in [0.25, 0.3) is 5.56 Å². The summed E-state index contributed by atoms with van der Waals surface area (Å²) in [7, 11) is 0. The Bertz CT molecular complexity index is 715. The van der Waals surface area contributed by atoms with Gasteiger partial charge in [0.05, 0.1) is 19.3 Å². The average Bonchev–Trinajstić information content (AvgIpc) is 2.91. The molecule has 1 unspecified atom stereocenters. The minimum Gasteiger partial charge on any atom is -0.480 e. The summed E-state index contributed by atoms with van der Waals surface area (Å²) >= 11 is 0. The van der Waals surface area contributed by atoms with Crippen LogP contribution in [0.2, 0.25) is 0 Å². The molecule has 1 aromatic heterocycles. The predicted molar refractivity (Wildman–Crippen MR) is 83.0 cm³/mol. The van der Waals surface area contributed by atoms with E-state index in [2.05, 4.69) is 4.98 Å². The Morgan fingerprint density at radius 2 is 2.24 bits per heavy atom. The molecule has 4 atom stereocenters. The molecule has 140 valence electrons. The molecule has 11 heteroatoms. The van der Waals surface area contributed by atoms with Gasteiger partial charge in [0.15, 0.2) is 0 Å². The van der Waals surface area contributed by atoms with E-state index in [1.807, 2.05) is 0 Å². The first-order valence-corrected chi connectivity index (χ1v) is 7.59. The van der Waals surface area contributed by atoms with Crippen molar-refractivity contribution in [2.45, 2.75) is 37.8 Å². The molecule has 0 saturated carbocycles. The van der Waals surface area contributed by atoms with E-state index in [-0.39, 0.29) is 26.4 Å². The number of aliphatic hydroxyl groups excluding tert-OH is 1. The van der Waals surface area contributed by atoms with Crippen LogP contribution < -0.4 is 17.0 Å². The van der Waals surface area contributed by atoms with Crippen molar-refractivity contribution in [1.29, 1.82) is 0 Å². The lowest BCUT2D eigenvalue weighted by Gasteiger charge is -2.16. The maximum absolute atomic E-state index is 11.8. The van der Waals surface area contributed by atoms with Gasteiger partial charge >= 0.3 is 11.7 Å². The molecule has 0 spiro atoms. The second-order valence-corrected chi connectivity index (χ2v) is 5.72. The summed E-state index contributed by atoms with van der Waals surface area (Å²) < 4.78 is 16.9. The topological polar surface area (TPSA) is 166 Å². The molecule has 2 heterocycles. The van der Waals surface area contributed by atoms with E-state index in [4.69, 9.17) is 25.1 Å². The molecule has 2 rings (SSSR count). The Hall–Kier alpha value is -2.05. The van der Waals surface area contributed by atoms with E-state index in [0.717, 1.165) is 0 Å². The van der Waals surface area contributed by atoms with Crippen molar-refractivity contribution in [2.24, 2.45) is 5.73 Å². The lowest BCUT2D eigenvalue weighted by molar-refractivity contribution is -0.143. The van der Waals surface area contributed by atoms with Crippen LogP contribution in [0.1, 0.15) is 18.2 Å². The molecule has 1 fully saturated rings. The molecule has 5 N–H and O–H groups in total. The highest BCUT2D eigenvalue weighted by Gasteiger charge is 2.35. The van der Waals surface area contributed by atoms with E-state index >= 15 is 0 Å². The van der Waals surface area contributed by atoms with Gasteiger partial charge < -0.3 is 30.2 Å². The smallest absolute Gasteiger partial charge is 0.330 e. The van der Waals surface area contributed by atoms with Gasteiger partial charge in [-0.1, -0.05) is 0 Å². The third kappa shape index (κ3) is 4.96. The molecule has 11 nitrogen and oxygen atoms in total. The first-order valence-electron chi connectivity index (χ1n) is 7.59. The van der Waals surface area contributed by atoms with E-state index in [1.54, 1.807) is 6.92 Å². The molecule has 1 aliphatic rings. The van der Waals surface area contributed by atoms with Crippen molar-refractivity contribution in [3.63, 3.8) is 0 Å². The highest BCUT2D eigenvalue weighted by molar-refractivity contribution is 5.73. The maximum Gasteiger partial charge on any atom is 0.330 e. The number of nitrogens with zero attached hydrogens (tertiary/aromatic N) is 1. The third-order valence-corrected chi connectivity index (χ3v) is 3.72. The maximum atomic E-state index is 11.8. The number of ether oxygens (including phenoxy) is 3. The van der Waals surface area contributed by atoms with E-state index < -0.39 is 41.7 Å². The van der Waals surface area contributed by atoms with Crippen LogP contribution in [-0.4, -0.2) is 64.0 Å². The quantitative estimate of drug-likeness (QED) is 0.300. The van der Waals surface area contributed by atoms with Gasteiger partial charge in [-0.3, -0.25) is 19.1 Å². The normalized spacial score (nSPS) is 24.4. The number of aromatic amines is 1. The summed E-state index contributed by atoms with van der Waals surface area (Å²) in [6, 6.07) is -1.14. The lowest BCUT2D eigenvalue weighted by Crippen LogP contribution is -2.35. The van der Waals surface area contributed by atoms with Gasteiger partial charge in [-0.2, -0.15) is 0 Å². The van der Waals surface area contributed by atoms with E-state index in [9.17, 15) is 19.5 Å². The fraction of sp³-hybridized carbons (Fsp3) is 0.643. The predicted octanol–water partition coefficient (Wildman–Crippen LogP) is -2.10. The number of aromatic nitrogens is 2. The van der Waals surface area contributed by atoms with Crippen molar-refractivity contribution >= 4 is 5.97 Å². The van der Waals surface area contributed by atoms with Crippen molar-refractivity contribution in [2.75, 3.05) is 20.0 Å². The molecule has 0 bridgehead atoms. The van der Waals surface area contributed by atoms with Crippen molar-refractivity contribution < 1.29 is 29.2 Å². The van der Waals surface area contributed by atoms with Gasteiger partial charge in [-0.15, -0.1) is 0 Å². The molecular weight excluding hydrogens is 338 g/mol. The van der Waals surface area contributed by atoms with Crippen LogP contribution in [0.3, 0.4) is 0 Å². The molecule has 1 saturated heterocycles. The number of nitrogens with one attached hydrogen (secondary N) is 1. The van der Waals surface area contributed by atoms with Crippen molar-refractivity contribution in [1.82, 2.24) is 9.55 Å². The minimum absolute atomic E-state index is 0.0168. The monoisotopic (exact) mass is 359 g/mol. The zero-order valence-corrected chi connectivity index (χ0v) is 13.6. The summed E-state index contributed by atoms with van der Waals surface area (Å²) in [5.41, 5.74) is 4.51. The van der Waals surface area contributed by atoms with E-state index in [0.29, 0.717) is 5.56 Å². The minimum atomic E-state index is -1.18. The van der Waals surface area contributed by atoms with Crippen LogP contribution in [0, 0.1) is 6.92 Å². The number of carboxylic acid groups (broad SMARTS) is 1. The first kappa shape index (κ1) is 19.3. The molecule has 0 radical (unpaired) electrons. The first-order chi connectivity index (χ1) is 11.8. The summed E-state index contributed by atoms with van der Waals surface area (Å²) in [6.07, 6.45) is -0.762. The zero-order chi connectivity index (χ0) is 18.6. The molecule has 0 aromatic carbocycles. The standard InChI is InChI=1S/C14H21N3O8/c1-7-3-17(14(22)16-12(7)19)11-2-9(18)10(25-11)5-24-6-23-4-8(15)13(20)21/h3,8-11,18H,2,4-6,15H2,1H3,(H,20,21)(H,16,19,22)/t8?,9-,10+,11+/m0/s1. The summed E-state index contributed by atoms with van der Waals surface area (Å²) in [5.74, 6) is -1.18. The largest absolute Gasteiger partial charge is 0.480 e. The fourth-order valence-electron chi connectivity index (χ4n) is 2.31. The van der Waals surface area contributed by atoms with E-state index in [1.165, 1.54) is 10.8 Å². The Labute approximate surface area is 141 Å². The van der Waals surface area contributed by atoms with Crippen LogP contribution in [0.5, 0.6) is 0 Å². The SMILES string of the molecule is Cc1cn([C@H]2C[C@H](O)[C@@H](COCOCC(N)C(=O)O)O2)c(=O)[nH]c1=O. The van der Waals surface area contributed by atoms with Crippen LogP contribution >= 0.6 is 0 Å². The fourth-order valence-corrected chi connectivity index (χ4v) is 2.31. The van der Waals surface area contributed by atoms with Gasteiger partial charge in [0, 0.05) is 18.2 Å². The number of nitrogens with two attached hydrogens (primary N) is 1. The highest BCUT2D eigenvalue weighted by Crippen LogP contribution is 2.27. The molecular formula is C14H21N3O8. The Morgan fingerprint density at radius 1 is 1.52 bits per heavy atom. The van der Waals surface area contributed by atoms with Crippen LogP contribution in [0.25, 0.3) is 0 Å². The van der Waals surface area contributed by atoms with Gasteiger partial charge in [0.2, 0.25) is 0 Å². The molecule has 0 aliphatic carbocycles. The summed E-state index contributed by atoms with van der Waals surface area (Å²) in [4.78, 5) is 35.9. The molecule has 25 heavy (non-hydrogen) atoms. The summed E-state index contributed by atoms with van der Waals surface area (Å²) in [5, 5.41) is 18.6. The number of carbonyl (C=O) groups is 1. The zero-order valence-electron chi connectivity index (χ0n) is 13.6. The molecule has 0 amide bonds. The van der Waals surface area contributed by atoms with Crippen LogP contribution in [0.15, 0.2) is 15.8 Å². The highest BCUT2D eigenvalue weighted by atomic mass is 16.7. The summed E-state index contributed by atoms with van der Waals surface area (Å²) in [6.45, 7) is 1.12. The van der Waals surface area contributed by atoms with Gasteiger partial charge in [0.1, 0.15) is 25.2 Å². The number of hydrogen-bond donors (Lipinski definition) is 4. The van der Waals surface area contributed by atoms with Crippen LogP contribution in [0.4, 0.5) is 0 Å².